The molecule has 1 heterocycles. The first-order valence-corrected chi connectivity index (χ1v) is 7.53. The highest BCUT2D eigenvalue weighted by Crippen LogP contribution is 2.32. The lowest BCUT2D eigenvalue weighted by Gasteiger charge is -2.25. The molecule has 0 radical (unpaired) electrons. The molecule has 106 valence electrons. The number of hydrogen-bond acceptors (Lipinski definition) is 4. The Morgan fingerprint density at radius 1 is 1.21 bits per heavy atom. The molecule has 0 bridgehead atoms. The van der Waals surface area contributed by atoms with Crippen molar-refractivity contribution in [3.63, 3.8) is 0 Å². The molecule has 4 heteroatoms. The average Bonchev–Trinajstić information content (AvgIpc) is 3.17. The maximum absolute atomic E-state index is 6.05. The zero-order chi connectivity index (χ0) is 13.8. The van der Waals surface area contributed by atoms with Crippen LogP contribution < -0.4 is 10.6 Å². The molecule has 0 unspecified atom stereocenters. The highest BCUT2D eigenvalue weighted by atomic mass is 15.2. The second kappa shape index (κ2) is 6.22. The maximum atomic E-state index is 6.05. The van der Waals surface area contributed by atoms with Crippen molar-refractivity contribution in [2.45, 2.75) is 52.9 Å². The van der Waals surface area contributed by atoms with E-state index in [1.807, 2.05) is 6.92 Å². The summed E-state index contributed by atoms with van der Waals surface area (Å²) in [5.41, 5.74) is 7.09. The predicted octanol–water partition coefficient (Wildman–Crippen LogP) is 2.95. The third kappa shape index (κ3) is 3.58. The molecular formula is C15H26N4. The topological polar surface area (TPSA) is 55.0 Å². The SMILES string of the molecule is CCCc1nc(N)c(C)c(N(CCC)CC2CC2)n1. The Morgan fingerprint density at radius 2 is 1.95 bits per heavy atom. The summed E-state index contributed by atoms with van der Waals surface area (Å²) in [5, 5.41) is 0. The smallest absolute Gasteiger partial charge is 0.137 e. The van der Waals surface area contributed by atoms with Crippen molar-refractivity contribution >= 4 is 11.6 Å². The van der Waals surface area contributed by atoms with Crippen LogP contribution in [0.1, 0.15) is 50.9 Å². The number of hydrogen-bond donors (Lipinski definition) is 1. The Labute approximate surface area is 116 Å². The first kappa shape index (κ1) is 14.1. The van der Waals surface area contributed by atoms with Gasteiger partial charge in [0.2, 0.25) is 0 Å². The van der Waals surface area contributed by atoms with Crippen molar-refractivity contribution in [1.82, 2.24) is 9.97 Å². The van der Waals surface area contributed by atoms with E-state index >= 15 is 0 Å². The van der Waals surface area contributed by atoms with Gasteiger partial charge in [-0.25, -0.2) is 9.97 Å². The van der Waals surface area contributed by atoms with Crippen LogP contribution in [0.3, 0.4) is 0 Å². The van der Waals surface area contributed by atoms with Gasteiger partial charge in [-0.1, -0.05) is 13.8 Å². The van der Waals surface area contributed by atoms with Crippen LogP contribution in [-0.4, -0.2) is 23.1 Å². The number of anilines is 2. The fourth-order valence-electron chi connectivity index (χ4n) is 2.38. The van der Waals surface area contributed by atoms with E-state index < -0.39 is 0 Å². The van der Waals surface area contributed by atoms with Crippen LogP contribution in [-0.2, 0) is 6.42 Å². The number of aromatic nitrogens is 2. The van der Waals surface area contributed by atoms with Gasteiger partial charge < -0.3 is 10.6 Å². The monoisotopic (exact) mass is 262 g/mol. The third-order valence-electron chi connectivity index (χ3n) is 3.65. The van der Waals surface area contributed by atoms with Crippen molar-refractivity contribution in [3.05, 3.63) is 11.4 Å². The van der Waals surface area contributed by atoms with E-state index in [2.05, 4.69) is 23.7 Å². The van der Waals surface area contributed by atoms with Crippen LogP contribution in [0.5, 0.6) is 0 Å². The van der Waals surface area contributed by atoms with Crippen LogP contribution in [0.25, 0.3) is 0 Å². The lowest BCUT2D eigenvalue weighted by Crippen LogP contribution is -2.29. The first-order chi connectivity index (χ1) is 9.15. The summed E-state index contributed by atoms with van der Waals surface area (Å²) in [5.74, 6) is 3.45. The van der Waals surface area contributed by atoms with Gasteiger partial charge in [0.05, 0.1) is 0 Å². The highest BCUT2D eigenvalue weighted by Gasteiger charge is 2.26. The molecule has 0 spiro atoms. The van der Waals surface area contributed by atoms with Gasteiger partial charge in [0.1, 0.15) is 17.5 Å². The molecule has 0 amide bonds. The van der Waals surface area contributed by atoms with E-state index in [-0.39, 0.29) is 0 Å². The predicted molar refractivity (Wildman–Crippen MR) is 80.4 cm³/mol. The molecular weight excluding hydrogens is 236 g/mol. The lowest BCUT2D eigenvalue weighted by molar-refractivity contribution is 0.690. The maximum Gasteiger partial charge on any atom is 0.137 e. The van der Waals surface area contributed by atoms with Crippen LogP contribution in [0, 0.1) is 12.8 Å². The molecule has 1 aliphatic carbocycles. The summed E-state index contributed by atoms with van der Waals surface area (Å²) in [6.07, 6.45) is 5.82. The number of nitrogens with two attached hydrogens (primary N) is 1. The number of aryl methyl sites for hydroxylation is 1. The Balaban J connectivity index is 2.27. The van der Waals surface area contributed by atoms with Crippen molar-refractivity contribution in [2.24, 2.45) is 5.92 Å². The van der Waals surface area contributed by atoms with Crippen molar-refractivity contribution in [2.75, 3.05) is 23.7 Å². The normalized spacial score (nSPS) is 14.7. The quantitative estimate of drug-likeness (QED) is 0.821. The molecule has 0 atom stereocenters. The average molecular weight is 262 g/mol. The second-order valence-corrected chi connectivity index (χ2v) is 5.61. The number of nitrogen functional groups attached to an aromatic ring is 1. The van der Waals surface area contributed by atoms with Gasteiger partial charge in [0.25, 0.3) is 0 Å². The molecule has 1 saturated carbocycles. The Bertz CT molecular complexity index is 426. The summed E-state index contributed by atoms with van der Waals surface area (Å²) in [6, 6.07) is 0. The molecule has 2 N–H and O–H groups in total. The summed E-state index contributed by atoms with van der Waals surface area (Å²) in [6.45, 7) is 8.58. The Hall–Kier alpha value is -1.32. The first-order valence-electron chi connectivity index (χ1n) is 7.53. The molecule has 19 heavy (non-hydrogen) atoms. The van der Waals surface area contributed by atoms with Gasteiger partial charge in [-0.15, -0.1) is 0 Å². The molecule has 0 aromatic carbocycles. The van der Waals surface area contributed by atoms with Gasteiger partial charge >= 0.3 is 0 Å². The van der Waals surface area contributed by atoms with E-state index in [0.717, 1.165) is 55.5 Å². The molecule has 2 rings (SSSR count). The molecule has 0 saturated heterocycles. The zero-order valence-corrected chi connectivity index (χ0v) is 12.4. The Morgan fingerprint density at radius 3 is 2.53 bits per heavy atom. The standard InChI is InChI=1S/C15H26N4/c1-4-6-13-17-14(16)11(3)15(18-13)19(9-5-2)10-12-7-8-12/h12H,4-10H2,1-3H3,(H2,16,17,18). The minimum atomic E-state index is 0.644. The van der Waals surface area contributed by atoms with Crippen molar-refractivity contribution in [1.29, 1.82) is 0 Å². The van der Waals surface area contributed by atoms with E-state index in [1.54, 1.807) is 0 Å². The van der Waals surface area contributed by atoms with Crippen LogP contribution >= 0.6 is 0 Å². The minimum absolute atomic E-state index is 0.644. The molecule has 1 aliphatic rings. The number of rotatable bonds is 7. The summed E-state index contributed by atoms with van der Waals surface area (Å²) < 4.78 is 0. The molecule has 4 nitrogen and oxygen atoms in total. The molecule has 1 aromatic heterocycles. The largest absolute Gasteiger partial charge is 0.383 e. The van der Waals surface area contributed by atoms with E-state index in [4.69, 9.17) is 10.7 Å². The van der Waals surface area contributed by atoms with Crippen LogP contribution in [0.15, 0.2) is 0 Å². The molecule has 1 aromatic rings. The zero-order valence-electron chi connectivity index (χ0n) is 12.4. The van der Waals surface area contributed by atoms with E-state index in [9.17, 15) is 0 Å². The second-order valence-electron chi connectivity index (χ2n) is 5.61. The molecule has 0 aliphatic heterocycles. The minimum Gasteiger partial charge on any atom is -0.383 e. The fourth-order valence-corrected chi connectivity index (χ4v) is 2.38. The summed E-state index contributed by atoms with van der Waals surface area (Å²) in [7, 11) is 0. The van der Waals surface area contributed by atoms with E-state index in [0.29, 0.717) is 5.82 Å². The highest BCUT2D eigenvalue weighted by molar-refractivity contribution is 5.56. The van der Waals surface area contributed by atoms with Gasteiger partial charge in [-0.05, 0) is 38.5 Å². The summed E-state index contributed by atoms with van der Waals surface area (Å²) >= 11 is 0. The third-order valence-corrected chi connectivity index (χ3v) is 3.65. The van der Waals surface area contributed by atoms with Gasteiger partial charge in [0, 0.05) is 25.1 Å². The summed E-state index contributed by atoms with van der Waals surface area (Å²) in [4.78, 5) is 11.6. The number of nitrogens with zero attached hydrogens (tertiary/aromatic N) is 3. The van der Waals surface area contributed by atoms with Gasteiger partial charge in [-0.2, -0.15) is 0 Å². The van der Waals surface area contributed by atoms with Crippen LogP contribution in [0.4, 0.5) is 11.6 Å². The van der Waals surface area contributed by atoms with Crippen molar-refractivity contribution in [3.8, 4) is 0 Å². The van der Waals surface area contributed by atoms with Gasteiger partial charge in [-0.3, -0.25) is 0 Å². The van der Waals surface area contributed by atoms with Gasteiger partial charge in [0.15, 0.2) is 0 Å². The van der Waals surface area contributed by atoms with Crippen LogP contribution in [0.2, 0.25) is 0 Å². The van der Waals surface area contributed by atoms with E-state index in [1.165, 1.54) is 12.8 Å². The fraction of sp³-hybridized carbons (Fsp3) is 0.733. The molecule has 1 fully saturated rings. The lowest BCUT2D eigenvalue weighted by atomic mass is 10.2. The van der Waals surface area contributed by atoms with Crippen molar-refractivity contribution < 1.29 is 0 Å². The Kier molecular flexibility index (Phi) is 4.61.